The second-order valence-electron chi connectivity index (χ2n) is 3.78. The van der Waals surface area contributed by atoms with Gasteiger partial charge in [-0.25, -0.2) is 0 Å². The third-order valence-corrected chi connectivity index (χ3v) is 4.38. The molecule has 0 amide bonds. The summed E-state index contributed by atoms with van der Waals surface area (Å²) < 4.78 is 5.64. The molecule has 0 spiro atoms. The van der Waals surface area contributed by atoms with Crippen LogP contribution < -0.4 is 0 Å². The van der Waals surface area contributed by atoms with Crippen LogP contribution in [0.2, 0.25) is 0 Å². The second-order valence-corrected chi connectivity index (χ2v) is 4.19. The molecule has 1 nitrogen and oxygen atoms in total. The van der Waals surface area contributed by atoms with E-state index < -0.39 is 0 Å². The first-order chi connectivity index (χ1) is 5.49. The van der Waals surface area contributed by atoms with Crippen LogP contribution in [0.4, 0.5) is 0 Å². The minimum Gasteiger partial charge on any atom is -0.422 e. The zero-order chi connectivity index (χ0) is 9.83. The van der Waals surface area contributed by atoms with E-state index in [2.05, 4.69) is 40.3 Å². The molecule has 0 N–H and O–H groups in total. The minimum atomic E-state index is -0.0511. The van der Waals surface area contributed by atoms with Crippen molar-refractivity contribution in [3.63, 3.8) is 0 Å². The van der Waals surface area contributed by atoms with Gasteiger partial charge in [0.05, 0.1) is 5.60 Å². The van der Waals surface area contributed by atoms with Crippen LogP contribution in [0.3, 0.4) is 0 Å². The molecule has 0 saturated carbocycles. The van der Waals surface area contributed by atoms with E-state index in [0.717, 1.165) is 23.3 Å². The topological polar surface area (TPSA) is 9.23 Å². The molecule has 0 saturated heterocycles. The summed E-state index contributed by atoms with van der Waals surface area (Å²) in [6.07, 6.45) is 4.26. The first-order valence-electron chi connectivity index (χ1n) is 4.68. The Labute approximate surface area is 79.7 Å². The Balaban J connectivity index is 4.81. The third-order valence-electron chi connectivity index (χ3n) is 3.36. The largest absolute Gasteiger partial charge is 0.422 e. The quantitative estimate of drug-likeness (QED) is 0.472. The molecule has 0 aliphatic heterocycles. The van der Waals surface area contributed by atoms with Crippen LogP contribution >= 0.6 is 0 Å². The van der Waals surface area contributed by atoms with E-state index in [0.29, 0.717) is 0 Å². The summed E-state index contributed by atoms with van der Waals surface area (Å²) in [5.41, 5.74) is 0.0965. The smallest absolute Gasteiger partial charge is 0.146 e. The fourth-order valence-corrected chi connectivity index (χ4v) is 2.25. The molecule has 0 heterocycles. The molecule has 2 heteroatoms. The highest BCUT2D eigenvalue weighted by atomic mass is 28.2. The first kappa shape index (κ1) is 11.9. The Hall–Kier alpha value is -0.0831. The second kappa shape index (κ2) is 4.24. The zero-order valence-electron chi connectivity index (χ0n) is 9.11. The van der Waals surface area contributed by atoms with Gasteiger partial charge in [0, 0.05) is 5.41 Å². The van der Waals surface area contributed by atoms with Crippen molar-refractivity contribution in [1.29, 1.82) is 0 Å². The van der Waals surface area contributed by atoms with Crippen molar-refractivity contribution in [2.45, 2.75) is 46.1 Å². The van der Waals surface area contributed by atoms with E-state index in [9.17, 15) is 0 Å². The van der Waals surface area contributed by atoms with Gasteiger partial charge in [-0.15, -0.1) is 6.58 Å². The molecular weight excluding hydrogens is 164 g/mol. The predicted molar refractivity (Wildman–Crippen MR) is 58.3 cm³/mol. The van der Waals surface area contributed by atoms with Crippen LogP contribution in [-0.4, -0.2) is 16.1 Å². The van der Waals surface area contributed by atoms with Crippen molar-refractivity contribution >= 4 is 10.5 Å². The van der Waals surface area contributed by atoms with Crippen LogP contribution in [0.1, 0.15) is 40.5 Å². The highest BCUT2D eigenvalue weighted by molar-refractivity contribution is 5.98. The van der Waals surface area contributed by atoms with Gasteiger partial charge in [-0.3, -0.25) is 0 Å². The predicted octanol–water partition coefficient (Wildman–Crippen LogP) is 2.05. The number of rotatable bonds is 5. The Morgan fingerprint density at radius 1 is 1.33 bits per heavy atom. The van der Waals surface area contributed by atoms with Crippen molar-refractivity contribution in [1.82, 2.24) is 0 Å². The van der Waals surface area contributed by atoms with E-state index in [1.165, 1.54) is 0 Å². The van der Waals surface area contributed by atoms with Gasteiger partial charge in [-0.1, -0.05) is 19.9 Å². The first-order valence-corrected chi connectivity index (χ1v) is 5.50. The lowest BCUT2D eigenvalue weighted by Gasteiger charge is -2.43. The van der Waals surface area contributed by atoms with Crippen molar-refractivity contribution < 1.29 is 4.43 Å². The molecule has 12 heavy (non-hydrogen) atoms. The maximum Gasteiger partial charge on any atom is 0.146 e. The van der Waals surface area contributed by atoms with Crippen molar-refractivity contribution in [2.24, 2.45) is 5.41 Å². The Kier molecular flexibility index (Phi) is 4.21. The average Bonchev–Trinajstić information content (AvgIpc) is 2.08. The maximum atomic E-state index is 5.64. The van der Waals surface area contributed by atoms with Crippen LogP contribution in [0, 0.1) is 5.41 Å². The zero-order valence-corrected chi connectivity index (χ0v) is 11.1. The molecule has 0 aromatic heterocycles. The van der Waals surface area contributed by atoms with Gasteiger partial charge in [0.2, 0.25) is 0 Å². The van der Waals surface area contributed by atoms with Gasteiger partial charge in [-0.2, -0.15) is 0 Å². The molecular formula is C10H22OSi. The lowest BCUT2D eigenvalue weighted by atomic mass is 9.70. The molecule has 72 valence electrons. The minimum absolute atomic E-state index is 0.0511. The van der Waals surface area contributed by atoms with Gasteiger partial charge in [0.15, 0.2) is 0 Å². The summed E-state index contributed by atoms with van der Waals surface area (Å²) in [5.74, 6) is 0. The van der Waals surface area contributed by atoms with E-state index >= 15 is 0 Å². The van der Waals surface area contributed by atoms with Gasteiger partial charge in [-0.05, 0) is 26.7 Å². The third kappa shape index (κ3) is 1.80. The number of hydrogen-bond donors (Lipinski definition) is 0. The van der Waals surface area contributed by atoms with E-state index in [1.807, 2.05) is 0 Å². The lowest BCUT2D eigenvalue weighted by molar-refractivity contribution is -0.00108. The summed E-state index contributed by atoms with van der Waals surface area (Å²) in [6.45, 7) is 12.7. The van der Waals surface area contributed by atoms with Crippen LogP contribution in [0.25, 0.3) is 0 Å². The van der Waals surface area contributed by atoms with Crippen molar-refractivity contribution in [3.05, 3.63) is 12.7 Å². The SMILES string of the molecule is C=CC(CC)(CC)C(C)(C)O[SiH3]. The van der Waals surface area contributed by atoms with Crippen LogP contribution in [-0.2, 0) is 4.43 Å². The summed E-state index contributed by atoms with van der Waals surface area (Å²) in [6, 6.07) is 0. The summed E-state index contributed by atoms with van der Waals surface area (Å²) in [4.78, 5) is 0. The molecule has 0 aliphatic carbocycles. The molecule has 0 fully saturated rings. The Morgan fingerprint density at radius 3 is 1.83 bits per heavy atom. The van der Waals surface area contributed by atoms with Gasteiger partial charge in [0.1, 0.15) is 10.5 Å². The van der Waals surface area contributed by atoms with E-state index in [4.69, 9.17) is 4.43 Å². The molecule has 0 aliphatic rings. The van der Waals surface area contributed by atoms with Gasteiger partial charge in [0.25, 0.3) is 0 Å². The van der Waals surface area contributed by atoms with E-state index in [-0.39, 0.29) is 11.0 Å². The van der Waals surface area contributed by atoms with Crippen molar-refractivity contribution in [3.8, 4) is 0 Å². The number of hydrogen-bond acceptors (Lipinski definition) is 1. The molecule has 0 aromatic carbocycles. The standard InChI is InChI=1S/C10H22OSi/c1-6-10(7-2,8-3)9(4,5)11-12/h6H,1,7-8H2,2-5,12H3. The molecule has 0 rings (SSSR count). The molecule has 0 aromatic rings. The average molecular weight is 186 g/mol. The Morgan fingerprint density at radius 2 is 1.75 bits per heavy atom. The molecule has 0 unspecified atom stereocenters. The normalized spacial score (nSPS) is 13.3. The molecule has 0 bridgehead atoms. The van der Waals surface area contributed by atoms with Crippen LogP contribution in [0.5, 0.6) is 0 Å². The van der Waals surface area contributed by atoms with Gasteiger partial charge >= 0.3 is 0 Å². The maximum absolute atomic E-state index is 5.64. The van der Waals surface area contributed by atoms with Crippen molar-refractivity contribution in [2.75, 3.05) is 0 Å². The van der Waals surface area contributed by atoms with E-state index in [1.54, 1.807) is 0 Å². The van der Waals surface area contributed by atoms with Crippen LogP contribution in [0.15, 0.2) is 12.7 Å². The highest BCUT2D eigenvalue weighted by Crippen LogP contribution is 2.41. The van der Waals surface area contributed by atoms with Gasteiger partial charge < -0.3 is 4.43 Å². The fourth-order valence-electron chi connectivity index (χ4n) is 1.84. The Bertz CT molecular complexity index is 148. The molecule has 0 radical (unpaired) electrons. The highest BCUT2D eigenvalue weighted by Gasteiger charge is 2.39. The molecule has 0 atom stereocenters. The monoisotopic (exact) mass is 186 g/mol. The summed E-state index contributed by atoms with van der Waals surface area (Å²) >= 11 is 0. The summed E-state index contributed by atoms with van der Waals surface area (Å²) in [5, 5.41) is 0. The lowest BCUT2D eigenvalue weighted by Crippen LogP contribution is -2.43. The fraction of sp³-hybridized carbons (Fsp3) is 0.800. The summed E-state index contributed by atoms with van der Waals surface area (Å²) in [7, 11) is 0.794.